The highest BCUT2D eigenvalue weighted by Crippen LogP contribution is 2.42. The van der Waals surface area contributed by atoms with Crippen LogP contribution in [0.2, 0.25) is 0 Å². The third-order valence-corrected chi connectivity index (χ3v) is 9.58. The van der Waals surface area contributed by atoms with Gasteiger partial charge in [0.15, 0.2) is 11.6 Å². The Morgan fingerprint density at radius 2 is 1.70 bits per heavy atom. The molecule has 0 saturated heterocycles. The van der Waals surface area contributed by atoms with Crippen LogP contribution >= 0.6 is 0 Å². The Balaban J connectivity index is 1.35. The van der Waals surface area contributed by atoms with Crippen molar-refractivity contribution in [2.75, 3.05) is 0 Å². The van der Waals surface area contributed by atoms with Crippen LogP contribution in [0.1, 0.15) is 95.6 Å². The molecule has 1 fully saturated rings. The molecular formula is C40H49F3. The highest BCUT2D eigenvalue weighted by molar-refractivity contribution is 5.65. The summed E-state index contributed by atoms with van der Waals surface area (Å²) >= 11 is 0. The zero-order valence-corrected chi connectivity index (χ0v) is 26.2. The molecule has 0 radical (unpaired) electrons. The van der Waals surface area contributed by atoms with E-state index in [4.69, 9.17) is 0 Å². The number of rotatable bonds is 13. The summed E-state index contributed by atoms with van der Waals surface area (Å²) in [6.07, 6.45) is 26.0. The molecule has 0 aliphatic heterocycles. The van der Waals surface area contributed by atoms with Gasteiger partial charge in [-0.05, 0) is 97.1 Å². The number of hydrogen-bond donors (Lipinski definition) is 0. The second kappa shape index (κ2) is 16.7. The van der Waals surface area contributed by atoms with Crippen LogP contribution < -0.4 is 0 Å². The lowest BCUT2D eigenvalue weighted by Crippen LogP contribution is -2.23. The van der Waals surface area contributed by atoms with E-state index in [2.05, 4.69) is 19.6 Å². The van der Waals surface area contributed by atoms with Crippen molar-refractivity contribution in [3.63, 3.8) is 0 Å². The van der Waals surface area contributed by atoms with Crippen molar-refractivity contribution in [2.45, 2.75) is 97.3 Å². The molecule has 0 nitrogen and oxygen atoms in total. The third kappa shape index (κ3) is 9.21. The van der Waals surface area contributed by atoms with E-state index in [1.54, 1.807) is 54.6 Å². The molecule has 0 amide bonds. The molecule has 0 heterocycles. The largest absolute Gasteiger partial charge is 0.211 e. The normalized spacial score (nSPS) is 21.7. The molecule has 0 N–H and O–H groups in total. The molecule has 0 bridgehead atoms. The van der Waals surface area contributed by atoms with E-state index >= 15 is 4.39 Å². The fraction of sp³-hybridized carbons (Fsp3) is 0.450. The minimum atomic E-state index is -0.849. The van der Waals surface area contributed by atoms with E-state index in [0.29, 0.717) is 17.5 Å². The van der Waals surface area contributed by atoms with Crippen molar-refractivity contribution in [3.8, 4) is 11.1 Å². The average Bonchev–Trinajstić information content (AvgIpc) is 3.03. The summed E-state index contributed by atoms with van der Waals surface area (Å²) in [6.45, 7) is 7.99. The van der Waals surface area contributed by atoms with Crippen molar-refractivity contribution < 1.29 is 13.2 Å². The van der Waals surface area contributed by atoms with Crippen LogP contribution in [0.4, 0.5) is 13.2 Å². The van der Waals surface area contributed by atoms with Gasteiger partial charge in [0.1, 0.15) is 5.83 Å². The summed E-state index contributed by atoms with van der Waals surface area (Å²) in [7, 11) is 0. The van der Waals surface area contributed by atoms with Gasteiger partial charge in [-0.15, -0.1) is 0 Å². The zero-order valence-electron chi connectivity index (χ0n) is 26.2. The van der Waals surface area contributed by atoms with Crippen molar-refractivity contribution in [3.05, 3.63) is 119 Å². The molecule has 0 aromatic heterocycles. The number of benzene rings is 2. The minimum Gasteiger partial charge on any atom is -0.211 e. The van der Waals surface area contributed by atoms with Crippen molar-refractivity contribution in [1.82, 2.24) is 0 Å². The van der Waals surface area contributed by atoms with Crippen LogP contribution in [0.5, 0.6) is 0 Å². The predicted octanol–water partition coefficient (Wildman–Crippen LogP) is 12.4. The molecule has 230 valence electrons. The highest BCUT2D eigenvalue weighted by Gasteiger charge is 2.28. The van der Waals surface area contributed by atoms with Crippen LogP contribution in [0.25, 0.3) is 11.1 Å². The van der Waals surface area contributed by atoms with Crippen molar-refractivity contribution in [1.29, 1.82) is 0 Å². The number of allylic oxidation sites excluding steroid dienone is 9. The number of hydrogen-bond acceptors (Lipinski definition) is 0. The maximum atomic E-state index is 15.3. The topological polar surface area (TPSA) is 0 Å². The quantitative estimate of drug-likeness (QED) is 0.124. The lowest BCUT2D eigenvalue weighted by molar-refractivity contribution is 0.185. The fourth-order valence-electron chi connectivity index (χ4n) is 6.98. The van der Waals surface area contributed by atoms with Crippen LogP contribution in [0.15, 0.2) is 96.4 Å². The van der Waals surface area contributed by atoms with Crippen LogP contribution in [0, 0.1) is 29.4 Å². The van der Waals surface area contributed by atoms with Gasteiger partial charge in [-0.25, -0.2) is 13.2 Å². The lowest BCUT2D eigenvalue weighted by Gasteiger charge is -2.35. The predicted molar refractivity (Wildman–Crippen MR) is 177 cm³/mol. The third-order valence-electron chi connectivity index (χ3n) is 9.58. The SMILES string of the molecule is C=C/C=C(\C=C(\F)Cc1ccc(-c2ccc(C/C=C\C)c(F)c2F)cc1)C1=CCC(C2CCC(CCCCC)CC2)CC1. The van der Waals surface area contributed by atoms with E-state index in [-0.39, 0.29) is 17.8 Å². The molecule has 43 heavy (non-hydrogen) atoms. The Bertz CT molecular complexity index is 1320. The van der Waals surface area contributed by atoms with Crippen molar-refractivity contribution >= 4 is 0 Å². The summed E-state index contributed by atoms with van der Waals surface area (Å²) in [5.41, 5.74) is 4.01. The van der Waals surface area contributed by atoms with Crippen molar-refractivity contribution in [2.24, 2.45) is 17.8 Å². The van der Waals surface area contributed by atoms with Gasteiger partial charge in [0, 0.05) is 12.0 Å². The zero-order chi connectivity index (χ0) is 30.6. The maximum Gasteiger partial charge on any atom is 0.166 e. The van der Waals surface area contributed by atoms with Gasteiger partial charge in [0.2, 0.25) is 0 Å². The molecule has 2 aliphatic carbocycles. The Kier molecular flexibility index (Phi) is 12.7. The Morgan fingerprint density at radius 3 is 2.35 bits per heavy atom. The monoisotopic (exact) mass is 586 g/mol. The van der Waals surface area contributed by atoms with Crippen LogP contribution in [-0.4, -0.2) is 0 Å². The Morgan fingerprint density at radius 1 is 0.930 bits per heavy atom. The molecular weight excluding hydrogens is 537 g/mol. The molecule has 0 spiro atoms. The first kappa shape index (κ1) is 32.8. The van der Waals surface area contributed by atoms with Gasteiger partial charge in [0.25, 0.3) is 0 Å². The highest BCUT2D eigenvalue weighted by atomic mass is 19.2. The van der Waals surface area contributed by atoms with Gasteiger partial charge in [-0.1, -0.05) is 119 Å². The molecule has 3 heteroatoms. The van der Waals surface area contributed by atoms with E-state index in [1.165, 1.54) is 63.4 Å². The second-order valence-corrected chi connectivity index (χ2v) is 12.5. The smallest absolute Gasteiger partial charge is 0.166 e. The molecule has 1 atom stereocenters. The summed E-state index contributed by atoms with van der Waals surface area (Å²) < 4.78 is 44.6. The summed E-state index contributed by atoms with van der Waals surface area (Å²) in [5, 5.41) is 0. The van der Waals surface area contributed by atoms with Gasteiger partial charge < -0.3 is 0 Å². The Labute approximate surface area is 258 Å². The first-order valence-electron chi connectivity index (χ1n) is 16.5. The van der Waals surface area contributed by atoms with E-state index in [9.17, 15) is 8.78 Å². The Hall–Kier alpha value is -3.07. The molecule has 2 aromatic carbocycles. The summed E-state index contributed by atoms with van der Waals surface area (Å²) in [6, 6.07) is 10.3. The van der Waals surface area contributed by atoms with Gasteiger partial charge >= 0.3 is 0 Å². The average molecular weight is 587 g/mol. The van der Waals surface area contributed by atoms with Gasteiger partial charge in [-0.3, -0.25) is 0 Å². The molecule has 1 unspecified atom stereocenters. The van der Waals surface area contributed by atoms with Crippen LogP contribution in [0.3, 0.4) is 0 Å². The second-order valence-electron chi connectivity index (χ2n) is 12.5. The minimum absolute atomic E-state index is 0.144. The maximum absolute atomic E-state index is 15.3. The lowest BCUT2D eigenvalue weighted by atomic mass is 9.70. The first-order chi connectivity index (χ1) is 20.9. The van der Waals surface area contributed by atoms with Crippen LogP contribution in [-0.2, 0) is 12.8 Å². The molecule has 1 saturated carbocycles. The summed E-state index contributed by atoms with van der Waals surface area (Å²) in [4.78, 5) is 0. The summed E-state index contributed by atoms with van der Waals surface area (Å²) in [5.74, 6) is 0.634. The molecule has 2 aromatic rings. The van der Waals surface area contributed by atoms with E-state index in [0.717, 1.165) is 41.7 Å². The van der Waals surface area contributed by atoms with E-state index in [1.807, 2.05) is 19.1 Å². The molecule has 4 rings (SSSR count). The standard InChI is InChI=1S/C40H49F3/c1-4-7-9-11-29-13-17-31(18-14-29)32-21-23-33(24-22-32)36(10-6-3)28-37(41)27-30-15-19-34(20-16-30)38-26-25-35(12-8-5-2)39(42)40(38)43/h5-6,8,10,15-16,19-20,23,25-26,28-29,31-32H,3-4,7,9,11-14,17-18,21-22,24,27H2,1-2H3/b8-5-,36-10+,37-28+. The fourth-order valence-corrected chi connectivity index (χ4v) is 6.98. The van der Waals surface area contributed by atoms with Gasteiger partial charge in [0.05, 0.1) is 0 Å². The first-order valence-corrected chi connectivity index (χ1v) is 16.5. The van der Waals surface area contributed by atoms with E-state index < -0.39 is 11.6 Å². The number of unbranched alkanes of at least 4 members (excludes halogenated alkanes) is 2. The number of halogens is 3. The molecule has 2 aliphatic rings. The van der Waals surface area contributed by atoms with Gasteiger partial charge in [-0.2, -0.15) is 0 Å².